The van der Waals surface area contributed by atoms with Crippen LogP contribution in [0.25, 0.3) is 0 Å². The van der Waals surface area contributed by atoms with Crippen LogP contribution >= 0.6 is 11.6 Å². The van der Waals surface area contributed by atoms with Gasteiger partial charge in [-0.05, 0) is 31.2 Å². The number of halogens is 3. The lowest BCUT2D eigenvalue weighted by atomic mass is 10.1. The molecule has 1 atom stereocenters. The Morgan fingerprint density at radius 1 is 1.55 bits per heavy atom. The zero-order valence-corrected chi connectivity index (χ0v) is 11.3. The SMILES string of the molecule is O=C(O)C1CCN(Cc2cc(Cl)ccc2OC(F)F)C1. The van der Waals surface area contributed by atoms with Crippen molar-refractivity contribution in [3.8, 4) is 5.75 Å². The van der Waals surface area contributed by atoms with Crippen molar-refractivity contribution >= 4 is 17.6 Å². The Bertz CT molecular complexity index is 499. The van der Waals surface area contributed by atoms with E-state index in [0.717, 1.165) is 0 Å². The number of aliphatic carboxylic acids is 1. The summed E-state index contributed by atoms with van der Waals surface area (Å²) in [5, 5.41) is 9.37. The van der Waals surface area contributed by atoms with Crippen LogP contribution in [-0.2, 0) is 11.3 Å². The van der Waals surface area contributed by atoms with Crippen LogP contribution in [-0.4, -0.2) is 35.7 Å². The first kappa shape index (κ1) is 15.0. The van der Waals surface area contributed by atoms with E-state index in [2.05, 4.69) is 4.74 Å². The van der Waals surface area contributed by atoms with Crippen molar-refractivity contribution in [2.75, 3.05) is 13.1 Å². The van der Waals surface area contributed by atoms with Gasteiger partial charge in [0.25, 0.3) is 0 Å². The Labute approximate surface area is 119 Å². The molecule has 0 aliphatic carbocycles. The summed E-state index contributed by atoms with van der Waals surface area (Å²) in [5.74, 6) is -1.17. The zero-order valence-electron chi connectivity index (χ0n) is 10.6. The average molecular weight is 306 g/mol. The summed E-state index contributed by atoms with van der Waals surface area (Å²) in [5.41, 5.74) is 0.531. The monoisotopic (exact) mass is 305 g/mol. The molecule has 1 unspecified atom stereocenters. The molecule has 0 saturated carbocycles. The molecule has 110 valence electrons. The topological polar surface area (TPSA) is 49.8 Å². The van der Waals surface area contributed by atoms with E-state index in [1.807, 2.05) is 4.90 Å². The molecule has 1 aromatic carbocycles. The maximum Gasteiger partial charge on any atom is 0.387 e. The van der Waals surface area contributed by atoms with Gasteiger partial charge in [0.05, 0.1) is 5.92 Å². The summed E-state index contributed by atoms with van der Waals surface area (Å²) in [4.78, 5) is 12.8. The smallest absolute Gasteiger partial charge is 0.387 e. The van der Waals surface area contributed by atoms with E-state index < -0.39 is 18.5 Å². The number of carboxylic acids is 1. The first-order valence-corrected chi connectivity index (χ1v) is 6.52. The normalized spacial score (nSPS) is 19.5. The van der Waals surface area contributed by atoms with Crippen LogP contribution in [0.3, 0.4) is 0 Å². The molecule has 0 bridgehead atoms. The summed E-state index contributed by atoms with van der Waals surface area (Å²) in [6.45, 7) is -1.56. The summed E-state index contributed by atoms with van der Waals surface area (Å²) >= 11 is 5.86. The van der Waals surface area contributed by atoms with Gasteiger partial charge in [0.1, 0.15) is 5.75 Å². The van der Waals surface area contributed by atoms with Crippen LogP contribution in [0.2, 0.25) is 5.02 Å². The summed E-state index contributed by atoms with van der Waals surface area (Å²) in [6.07, 6.45) is 0.556. The molecule has 2 rings (SSSR count). The molecule has 7 heteroatoms. The second-order valence-electron chi connectivity index (χ2n) is 4.69. The number of alkyl halides is 2. The molecule has 1 N–H and O–H groups in total. The molecule has 1 aromatic rings. The van der Waals surface area contributed by atoms with E-state index in [4.69, 9.17) is 16.7 Å². The number of hydrogen-bond donors (Lipinski definition) is 1. The summed E-state index contributed by atoms with van der Waals surface area (Å²) in [6, 6.07) is 4.44. The van der Waals surface area contributed by atoms with Gasteiger partial charge in [-0.15, -0.1) is 0 Å². The first-order chi connectivity index (χ1) is 9.45. The molecule has 20 heavy (non-hydrogen) atoms. The number of likely N-dealkylation sites (tertiary alicyclic amines) is 1. The molecule has 4 nitrogen and oxygen atoms in total. The van der Waals surface area contributed by atoms with E-state index in [0.29, 0.717) is 36.6 Å². The van der Waals surface area contributed by atoms with Crippen molar-refractivity contribution < 1.29 is 23.4 Å². The van der Waals surface area contributed by atoms with Crippen LogP contribution < -0.4 is 4.74 Å². The lowest BCUT2D eigenvalue weighted by Crippen LogP contribution is -2.23. The van der Waals surface area contributed by atoms with E-state index in [1.165, 1.54) is 12.1 Å². The number of rotatable bonds is 5. The second kappa shape index (κ2) is 6.37. The van der Waals surface area contributed by atoms with Gasteiger partial charge in [-0.25, -0.2) is 0 Å². The third-order valence-corrected chi connectivity index (χ3v) is 3.49. The molecule has 1 saturated heterocycles. The Morgan fingerprint density at radius 2 is 2.30 bits per heavy atom. The highest BCUT2D eigenvalue weighted by atomic mass is 35.5. The van der Waals surface area contributed by atoms with Crippen molar-refractivity contribution in [3.63, 3.8) is 0 Å². The number of carboxylic acid groups (broad SMARTS) is 1. The fourth-order valence-corrected chi connectivity index (χ4v) is 2.50. The lowest BCUT2D eigenvalue weighted by Gasteiger charge is -2.18. The van der Waals surface area contributed by atoms with Crippen molar-refractivity contribution in [1.82, 2.24) is 4.90 Å². The molecular formula is C13H14ClF2NO3. The van der Waals surface area contributed by atoms with E-state index >= 15 is 0 Å². The molecule has 1 aliphatic rings. The standard InChI is InChI=1S/C13H14ClF2NO3/c14-10-1-2-11(20-13(15)16)9(5-10)7-17-4-3-8(6-17)12(18)19/h1-2,5,8,13H,3-4,6-7H2,(H,18,19). The fourth-order valence-electron chi connectivity index (χ4n) is 2.30. The number of hydrogen-bond acceptors (Lipinski definition) is 3. The first-order valence-electron chi connectivity index (χ1n) is 6.14. The van der Waals surface area contributed by atoms with E-state index in [1.54, 1.807) is 6.07 Å². The van der Waals surface area contributed by atoms with Gasteiger partial charge in [0.2, 0.25) is 0 Å². The van der Waals surface area contributed by atoms with Crippen LogP contribution in [0.5, 0.6) is 5.75 Å². The zero-order chi connectivity index (χ0) is 14.7. The molecule has 1 aliphatic heterocycles. The highest BCUT2D eigenvalue weighted by molar-refractivity contribution is 6.30. The van der Waals surface area contributed by atoms with Crippen molar-refractivity contribution in [1.29, 1.82) is 0 Å². The van der Waals surface area contributed by atoms with Gasteiger partial charge >= 0.3 is 12.6 Å². The van der Waals surface area contributed by atoms with Gasteiger partial charge in [-0.3, -0.25) is 9.69 Å². The summed E-state index contributed by atoms with van der Waals surface area (Å²) in [7, 11) is 0. The third-order valence-electron chi connectivity index (χ3n) is 3.25. The highest BCUT2D eigenvalue weighted by Crippen LogP contribution is 2.28. The largest absolute Gasteiger partial charge is 0.481 e. The maximum absolute atomic E-state index is 12.3. The van der Waals surface area contributed by atoms with Crippen molar-refractivity contribution in [2.45, 2.75) is 19.6 Å². The molecule has 1 fully saturated rings. The van der Waals surface area contributed by atoms with Gasteiger partial charge < -0.3 is 9.84 Å². The van der Waals surface area contributed by atoms with Crippen LogP contribution in [0.4, 0.5) is 8.78 Å². The van der Waals surface area contributed by atoms with Gasteiger partial charge in [-0.2, -0.15) is 8.78 Å². The van der Waals surface area contributed by atoms with Gasteiger partial charge in [0, 0.05) is 23.7 Å². The minimum atomic E-state index is -2.90. The van der Waals surface area contributed by atoms with Crippen LogP contribution in [0, 0.1) is 5.92 Å². The summed E-state index contributed by atoms with van der Waals surface area (Å²) < 4.78 is 29.1. The number of carbonyl (C=O) groups is 1. The van der Waals surface area contributed by atoms with E-state index in [9.17, 15) is 13.6 Å². The van der Waals surface area contributed by atoms with Crippen molar-refractivity contribution in [2.24, 2.45) is 5.92 Å². The Morgan fingerprint density at radius 3 is 2.90 bits per heavy atom. The van der Waals surface area contributed by atoms with Crippen molar-refractivity contribution in [3.05, 3.63) is 28.8 Å². The third kappa shape index (κ3) is 3.80. The Kier molecular flexibility index (Phi) is 4.77. The van der Waals surface area contributed by atoms with Crippen LogP contribution in [0.15, 0.2) is 18.2 Å². The number of benzene rings is 1. The van der Waals surface area contributed by atoms with Gasteiger partial charge in [0.15, 0.2) is 0 Å². The maximum atomic E-state index is 12.3. The molecule has 1 heterocycles. The fraction of sp³-hybridized carbons (Fsp3) is 0.462. The van der Waals surface area contributed by atoms with Crippen LogP contribution in [0.1, 0.15) is 12.0 Å². The molecule has 0 aromatic heterocycles. The highest BCUT2D eigenvalue weighted by Gasteiger charge is 2.28. The Hall–Kier alpha value is -1.40. The van der Waals surface area contributed by atoms with Gasteiger partial charge in [-0.1, -0.05) is 11.6 Å². The molecule has 0 spiro atoms. The van der Waals surface area contributed by atoms with E-state index in [-0.39, 0.29) is 5.75 Å². The lowest BCUT2D eigenvalue weighted by molar-refractivity contribution is -0.141. The minimum absolute atomic E-state index is 0.0724. The number of nitrogens with zero attached hydrogens (tertiary/aromatic N) is 1. The minimum Gasteiger partial charge on any atom is -0.481 e. The Balaban J connectivity index is 2.08. The molecular weight excluding hydrogens is 292 g/mol. The predicted molar refractivity (Wildman–Crippen MR) is 69.1 cm³/mol. The number of ether oxygens (including phenoxy) is 1. The quantitative estimate of drug-likeness (QED) is 0.909. The molecule has 0 radical (unpaired) electrons. The average Bonchev–Trinajstić information content (AvgIpc) is 2.81. The molecule has 0 amide bonds. The second-order valence-corrected chi connectivity index (χ2v) is 5.13. The predicted octanol–water partition coefficient (Wildman–Crippen LogP) is 2.85.